The van der Waals surface area contributed by atoms with Gasteiger partial charge in [0, 0.05) is 37.4 Å². The summed E-state index contributed by atoms with van der Waals surface area (Å²) in [5.41, 5.74) is 2.96. The topological polar surface area (TPSA) is 63.5 Å². The first-order chi connectivity index (χ1) is 13.3. The van der Waals surface area contributed by atoms with Crippen molar-refractivity contribution in [1.29, 1.82) is 0 Å². The Morgan fingerprint density at radius 1 is 1.07 bits per heavy atom. The van der Waals surface area contributed by atoms with Crippen molar-refractivity contribution in [2.45, 2.75) is 44.4 Å². The molecule has 2 fully saturated rings. The lowest BCUT2D eigenvalue weighted by Crippen LogP contribution is -2.49. The molecule has 1 amide bonds. The summed E-state index contributed by atoms with van der Waals surface area (Å²) < 4.78 is 7.88. The summed E-state index contributed by atoms with van der Waals surface area (Å²) in [7, 11) is 0. The number of hydrogen-bond donors (Lipinski definition) is 0. The van der Waals surface area contributed by atoms with Gasteiger partial charge in [-0.2, -0.15) is 0 Å². The molecule has 0 saturated carbocycles. The van der Waals surface area contributed by atoms with Crippen LogP contribution in [0.3, 0.4) is 0 Å². The third-order valence-corrected chi connectivity index (χ3v) is 6.05. The molecule has 1 aromatic carbocycles. The van der Waals surface area contributed by atoms with Crippen LogP contribution in [0.2, 0.25) is 0 Å². The molecule has 0 unspecified atom stereocenters. The molecule has 7 nitrogen and oxygen atoms in total. The highest BCUT2D eigenvalue weighted by Gasteiger charge is 2.38. The number of aromatic nitrogens is 3. The molecular weight excluding hydrogens is 342 g/mol. The maximum absolute atomic E-state index is 13.0. The van der Waals surface area contributed by atoms with Crippen molar-refractivity contribution in [3.63, 3.8) is 0 Å². The maximum atomic E-state index is 13.0. The number of fused-ring (bicyclic) bond motifs is 3. The lowest BCUT2D eigenvalue weighted by molar-refractivity contribution is -0.0605. The van der Waals surface area contributed by atoms with Gasteiger partial charge in [0.25, 0.3) is 5.91 Å². The van der Waals surface area contributed by atoms with Crippen molar-refractivity contribution < 1.29 is 9.53 Å². The highest BCUT2D eigenvalue weighted by atomic mass is 16.5. The van der Waals surface area contributed by atoms with E-state index in [0.717, 1.165) is 37.3 Å². The van der Waals surface area contributed by atoms with Gasteiger partial charge in [-0.05, 0) is 49.9 Å². The second-order valence-corrected chi connectivity index (χ2v) is 7.72. The number of piperidine rings is 2. The third kappa shape index (κ3) is 3.10. The van der Waals surface area contributed by atoms with E-state index >= 15 is 0 Å². The summed E-state index contributed by atoms with van der Waals surface area (Å²) in [5.74, 6) is 0.0888. The van der Waals surface area contributed by atoms with Gasteiger partial charge < -0.3 is 14.5 Å². The molecule has 5 rings (SSSR count). The van der Waals surface area contributed by atoms with Gasteiger partial charge in [0.15, 0.2) is 0 Å². The molecular formula is C20H25N5O2. The smallest absolute Gasteiger partial charge is 0.253 e. The number of amides is 1. The monoisotopic (exact) mass is 367 g/mol. The van der Waals surface area contributed by atoms with Gasteiger partial charge in [-0.3, -0.25) is 4.79 Å². The highest BCUT2D eigenvalue weighted by molar-refractivity contribution is 5.94. The first-order valence-electron chi connectivity index (χ1n) is 9.94. The summed E-state index contributed by atoms with van der Waals surface area (Å²) in [5, 5.41) is 8.22. The van der Waals surface area contributed by atoms with E-state index in [1.807, 2.05) is 21.7 Å². The molecule has 142 valence electrons. The van der Waals surface area contributed by atoms with E-state index in [2.05, 4.69) is 27.3 Å². The molecule has 0 aliphatic carbocycles. The van der Waals surface area contributed by atoms with Gasteiger partial charge in [-0.15, -0.1) is 5.10 Å². The molecule has 7 heteroatoms. The normalized spacial score (nSPS) is 25.0. The van der Waals surface area contributed by atoms with Crippen LogP contribution < -0.4 is 4.90 Å². The van der Waals surface area contributed by atoms with Crippen molar-refractivity contribution >= 4 is 11.6 Å². The zero-order valence-corrected chi connectivity index (χ0v) is 15.5. The number of carbonyl (C=O) groups excluding carboxylic acids is 1. The van der Waals surface area contributed by atoms with E-state index in [1.165, 1.54) is 24.9 Å². The summed E-state index contributed by atoms with van der Waals surface area (Å²) in [6, 6.07) is 8.17. The van der Waals surface area contributed by atoms with Crippen molar-refractivity contribution in [2.75, 3.05) is 31.1 Å². The van der Waals surface area contributed by atoms with E-state index in [4.69, 9.17) is 4.74 Å². The Morgan fingerprint density at radius 2 is 1.89 bits per heavy atom. The van der Waals surface area contributed by atoms with Gasteiger partial charge in [0.2, 0.25) is 0 Å². The minimum atomic E-state index is 0.0570. The van der Waals surface area contributed by atoms with Crippen LogP contribution in [0.1, 0.15) is 47.8 Å². The second-order valence-electron chi connectivity index (χ2n) is 7.72. The van der Waals surface area contributed by atoms with E-state index < -0.39 is 0 Å². The lowest BCUT2D eigenvalue weighted by atomic mass is 9.99. The third-order valence-electron chi connectivity index (χ3n) is 6.05. The number of benzene rings is 1. The molecule has 2 aromatic rings. The fourth-order valence-electron chi connectivity index (χ4n) is 4.51. The average molecular weight is 367 g/mol. The largest absolute Gasteiger partial charge is 0.372 e. The molecule has 1 aromatic heterocycles. The van der Waals surface area contributed by atoms with Gasteiger partial charge in [-0.25, -0.2) is 4.68 Å². The maximum Gasteiger partial charge on any atom is 0.253 e. The van der Waals surface area contributed by atoms with E-state index in [-0.39, 0.29) is 18.1 Å². The van der Waals surface area contributed by atoms with Crippen LogP contribution >= 0.6 is 0 Å². The van der Waals surface area contributed by atoms with Crippen LogP contribution in [-0.4, -0.2) is 58.1 Å². The van der Waals surface area contributed by atoms with Crippen LogP contribution in [0.4, 0.5) is 5.69 Å². The molecule has 27 heavy (non-hydrogen) atoms. The zero-order chi connectivity index (χ0) is 18.2. The van der Waals surface area contributed by atoms with E-state index in [9.17, 15) is 4.79 Å². The number of anilines is 1. The van der Waals surface area contributed by atoms with Crippen LogP contribution in [0, 0.1) is 0 Å². The predicted octanol–water partition coefficient (Wildman–Crippen LogP) is 2.25. The van der Waals surface area contributed by atoms with Crippen molar-refractivity contribution in [1.82, 2.24) is 19.9 Å². The van der Waals surface area contributed by atoms with Crippen molar-refractivity contribution in [3.05, 3.63) is 41.7 Å². The Bertz CT molecular complexity index is 812. The zero-order valence-electron chi connectivity index (χ0n) is 15.5. The number of carbonyl (C=O) groups is 1. The number of likely N-dealkylation sites (tertiary alicyclic amines) is 1. The van der Waals surface area contributed by atoms with Gasteiger partial charge in [0.05, 0.1) is 30.6 Å². The molecule has 2 saturated heterocycles. The number of rotatable bonds is 2. The predicted molar refractivity (Wildman–Crippen MR) is 101 cm³/mol. The summed E-state index contributed by atoms with van der Waals surface area (Å²) in [6.07, 6.45) is 6.52. The van der Waals surface area contributed by atoms with Crippen molar-refractivity contribution in [2.24, 2.45) is 0 Å². The van der Waals surface area contributed by atoms with Crippen molar-refractivity contribution in [3.8, 4) is 0 Å². The van der Waals surface area contributed by atoms with E-state index in [0.29, 0.717) is 13.2 Å². The molecule has 0 spiro atoms. The second kappa shape index (κ2) is 6.96. The van der Waals surface area contributed by atoms with E-state index in [1.54, 1.807) is 6.20 Å². The van der Waals surface area contributed by atoms with Gasteiger partial charge in [-0.1, -0.05) is 5.21 Å². The fraction of sp³-hybridized carbons (Fsp3) is 0.550. The number of nitrogens with zero attached hydrogens (tertiary/aromatic N) is 5. The summed E-state index contributed by atoms with van der Waals surface area (Å²) in [4.78, 5) is 17.4. The van der Waals surface area contributed by atoms with Crippen LogP contribution in [0.15, 0.2) is 30.5 Å². The highest BCUT2D eigenvalue weighted by Crippen LogP contribution is 2.31. The van der Waals surface area contributed by atoms with Gasteiger partial charge in [0.1, 0.15) is 0 Å². The standard InChI is InChI=1S/C20H25N5O2/c26-20(15-4-6-16(7-5-15)23-9-2-1-3-10-23)24-11-8-19-18(13-24)25-17(14-27-19)12-21-22-25/h4-7,12,18-19H,1-3,8-11,13-14H2/t18-,19+/m0/s1. The molecule has 4 heterocycles. The SMILES string of the molecule is O=C(c1ccc(N2CCCCC2)cc1)N1CC[C@H]2OCc3cnnn3[C@H]2C1. The van der Waals surface area contributed by atoms with Crippen LogP contribution in [0.5, 0.6) is 0 Å². The molecule has 0 radical (unpaired) electrons. The average Bonchev–Trinajstić information content (AvgIpc) is 3.23. The minimum Gasteiger partial charge on any atom is -0.372 e. The van der Waals surface area contributed by atoms with Gasteiger partial charge >= 0.3 is 0 Å². The Balaban J connectivity index is 1.30. The molecule has 3 aliphatic heterocycles. The molecule has 0 N–H and O–H groups in total. The van der Waals surface area contributed by atoms with Crippen LogP contribution in [0.25, 0.3) is 0 Å². The molecule has 3 aliphatic rings. The lowest BCUT2D eigenvalue weighted by Gasteiger charge is -2.41. The summed E-state index contributed by atoms with van der Waals surface area (Å²) >= 11 is 0. The quantitative estimate of drug-likeness (QED) is 0.815. The minimum absolute atomic E-state index is 0.0570. The first-order valence-corrected chi connectivity index (χ1v) is 9.94. The molecule has 0 bridgehead atoms. The summed E-state index contributed by atoms with van der Waals surface area (Å²) in [6.45, 7) is 4.12. The number of hydrogen-bond acceptors (Lipinski definition) is 5. The molecule has 2 atom stereocenters. The Labute approximate surface area is 158 Å². The Morgan fingerprint density at radius 3 is 2.70 bits per heavy atom. The van der Waals surface area contributed by atoms with Crippen LogP contribution in [-0.2, 0) is 11.3 Å². The Hall–Kier alpha value is -2.41. The Kier molecular flexibility index (Phi) is 4.32. The fourth-order valence-corrected chi connectivity index (χ4v) is 4.51. The number of ether oxygens (including phenoxy) is 1. The first kappa shape index (κ1) is 16.7.